The van der Waals surface area contributed by atoms with Crippen LogP contribution >= 0.6 is 11.3 Å². The first-order valence-corrected chi connectivity index (χ1v) is 6.78. The van der Waals surface area contributed by atoms with E-state index in [1.807, 2.05) is 6.92 Å². The van der Waals surface area contributed by atoms with Gasteiger partial charge in [0, 0.05) is 24.3 Å². The van der Waals surface area contributed by atoms with E-state index in [-0.39, 0.29) is 11.9 Å². The van der Waals surface area contributed by atoms with Crippen LogP contribution in [-0.4, -0.2) is 28.5 Å². The van der Waals surface area contributed by atoms with Crippen molar-refractivity contribution in [1.29, 1.82) is 0 Å². The van der Waals surface area contributed by atoms with Gasteiger partial charge < -0.3 is 5.32 Å². The summed E-state index contributed by atoms with van der Waals surface area (Å²) in [5, 5.41) is 10.1. The molecule has 0 fully saturated rings. The molecule has 0 saturated carbocycles. The summed E-state index contributed by atoms with van der Waals surface area (Å²) in [5.74, 6) is 0.0822. The topological polar surface area (TPSA) is 96.0 Å². The molecular formula is C12H13N5O2S. The maximum absolute atomic E-state index is 11.9. The summed E-state index contributed by atoms with van der Waals surface area (Å²) in [6, 6.07) is 2.81. The SMILES string of the molecule is CCNC(=O)Nc1ccc(C(=O)Nc2nccs2)cn1. The fraction of sp³-hybridized carbons (Fsp3) is 0.167. The van der Waals surface area contributed by atoms with E-state index >= 15 is 0 Å². The summed E-state index contributed by atoms with van der Waals surface area (Å²) in [5.41, 5.74) is 0.390. The third kappa shape index (κ3) is 3.75. The number of aromatic nitrogens is 2. The fourth-order valence-electron chi connectivity index (χ4n) is 1.38. The molecule has 7 nitrogen and oxygen atoms in total. The number of urea groups is 1. The number of hydrogen-bond acceptors (Lipinski definition) is 5. The Morgan fingerprint density at radius 3 is 2.70 bits per heavy atom. The molecular weight excluding hydrogens is 278 g/mol. The summed E-state index contributed by atoms with van der Waals surface area (Å²) in [6.07, 6.45) is 3.00. The molecule has 20 heavy (non-hydrogen) atoms. The van der Waals surface area contributed by atoms with Crippen LogP contribution in [0.3, 0.4) is 0 Å². The van der Waals surface area contributed by atoms with Crippen LogP contribution in [-0.2, 0) is 0 Å². The number of amides is 3. The normalized spacial score (nSPS) is 9.85. The van der Waals surface area contributed by atoms with Crippen LogP contribution in [0.25, 0.3) is 0 Å². The van der Waals surface area contributed by atoms with E-state index in [2.05, 4.69) is 25.9 Å². The van der Waals surface area contributed by atoms with Crippen molar-refractivity contribution in [1.82, 2.24) is 15.3 Å². The number of hydrogen-bond donors (Lipinski definition) is 3. The Hall–Kier alpha value is -2.48. The first-order chi connectivity index (χ1) is 9.69. The third-order valence-corrected chi connectivity index (χ3v) is 2.95. The predicted molar refractivity (Wildman–Crippen MR) is 77.0 cm³/mol. The summed E-state index contributed by atoms with van der Waals surface area (Å²) in [7, 11) is 0. The van der Waals surface area contributed by atoms with Crippen LogP contribution in [0.5, 0.6) is 0 Å². The van der Waals surface area contributed by atoms with Crippen molar-refractivity contribution in [3.8, 4) is 0 Å². The zero-order valence-electron chi connectivity index (χ0n) is 10.7. The molecule has 0 atom stereocenters. The van der Waals surface area contributed by atoms with Gasteiger partial charge in [-0.2, -0.15) is 0 Å². The van der Waals surface area contributed by atoms with E-state index in [0.717, 1.165) is 0 Å². The van der Waals surface area contributed by atoms with Gasteiger partial charge in [0.2, 0.25) is 0 Å². The molecule has 0 saturated heterocycles. The van der Waals surface area contributed by atoms with E-state index in [1.165, 1.54) is 17.5 Å². The van der Waals surface area contributed by atoms with Crippen molar-refractivity contribution in [2.45, 2.75) is 6.92 Å². The molecule has 0 aliphatic rings. The second-order valence-corrected chi connectivity index (χ2v) is 4.60. The molecule has 0 aliphatic carbocycles. The standard InChI is InChI=1S/C12H13N5O2S/c1-2-13-11(19)16-9-4-3-8(7-15-9)10(18)17-12-14-5-6-20-12/h3-7H,2H2,1H3,(H,14,17,18)(H2,13,15,16,19). The van der Waals surface area contributed by atoms with Crippen molar-refractivity contribution in [3.63, 3.8) is 0 Å². The highest BCUT2D eigenvalue weighted by Crippen LogP contribution is 2.12. The zero-order valence-corrected chi connectivity index (χ0v) is 11.5. The summed E-state index contributed by atoms with van der Waals surface area (Å²) >= 11 is 1.33. The largest absolute Gasteiger partial charge is 0.338 e. The predicted octanol–water partition coefficient (Wildman–Crippen LogP) is 1.93. The van der Waals surface area contributed by atoms with E-state index in [1.54, 1.807) is 23.7 Å². The number of thiazole rings is 1. The van der Waals surface area contributed by atoms with Crippen molar-refractivity contribution < 1.29 is 9.59 Å². The van der Waals surface area contributed by atoms with Gasteiger partial charge in [0.05, 0.1) is 5.56 Å². The van der Waals surface area contributed by atoms with Crippen LogP contribution in [0.4, 0.5) is 15.7 Å². The molecule has 104 valence electrons. The Bertz CT molecular complexity index is 582. The minimum Gasteiger partial charge on any atom is -0.338 e. The molecule has 0 bridgehead atoms. The van der Waals surface area contributed by atoms with E-state index in [0.29, 0.717) is 23.1 Å². The molecule has 2 heterocycles. The van der Waals surface area contributed by atoms with Crippen molar-refractivity contribution in [3.05, 3.63) is 35.5 Å². The first kappa shape index (κ1) is 13.9. The highest BCUT2D eigenvalue weighted by molar-refractivity contribution is 7.13. The summed E-state index contributed by atoms with van der Waals surface area (Å²) in [4.78, 5) is 31.1. The van der Waals surface area contributed by atoms with E-state index < -0.39 is 0 Å². The number of rotatable bonds is 4. The molecule has 0 unspecified atom stereocenters. The number of nitrogens with one attached hydrogen (secondary N) is 3. The Balaban J connectivity index is 1.97. The quantitative estimate of drug-likeness (QED) is 0.802. The van der Waals surface area contributed by atoms with Gasteiger partial charge in [-0.25, -0.2) is 14.8 Å². The van der Waals surface area contributed by atoms with E-state index in [4.69, 9.17) is 0 Å². The van der Waals surface area contributed by atoms with Crippen LogP contribution in [0, 0.1) is 0 Å². The lowest BCUT2D eigenvalue weighted by Crippen LogP contribution is -2.28. The molecule has 3 amide bonds. The number of carbonyl (C=O) groups is 2. The maximum Gasteiger partial charge on any atom is 0.320 e. The third-order valence-electron chi connectivity index (χ3n) is 2.26. The second kappa shape index (κ2) is 6.62. The minimum absolute atomic E-state index is 0.294. The minimum atomic E-state index is -0.333. The molecule has 0 spiro atoms. The van der Waals surface area contributed by atoms with Crippen LogP contribution < -0.4 is 16.0 Å². The Morgan fingerprint density at radius 1 is 1.25 bits per heavy atom. The Labute approximate surface area is 119 Å². The highest BCUT2D eigenvalue weighted by atomic mass is 32.1. The molecule has 3 N–H and O–H groups in total. The second-order valence-electron chi connectivity index (χ2n) is 3.71. The van der Waals surface area contributed by atoms with Gasteiger partial charge in [-0.3, -0.25) is 15.4 Å². The van der Waals surface area contributed by atoms with Gasteiger partial charge in [-0.15, -0.1) is 11.3 Å². The van der Waals surface area contributed by atoms with Gasteiger partial charge in [-0.1, -0.05) is 0 Å². The molecule has 8 heteroatoms. The Kier molecular flexibility index (Phi) is 4.61. The Morgan fingerprint density at radius 2 is 2.10 bits per heavy atom. The van der Waals surface area contributed by atoms with Gasteiger partial charge >= 0.3 is 6.03 Å². The van der Waals surface area contributed by atoms with Crippen molar-refractivity contribution in [2.24, 2.45) is 0 Å². The number of nitrogens with zero attached hydrogens (tertiary/aromatic N) is 2. The van der Waals surface area contributed by atoms with Crippen LogP contribution in [0.2, 0.25) is 0 Å². The highest BCUT2D eigenvalue weighted by Gasteiger charge is 2.08. The first-order valence-electron chi connectivity index (χ1n) is 5.91. The fourth-order valence-corrected chi connectivity index (χ4v) is 1.90. The molecule has 2 aromatic heterocycles. The number of anilines is 2. The van der Waals surface area contributed by atoms with Crippen LogP contribution in [0.15, 0.2) is 29.9 Å². The summed E-state index contributed by atoms with van der Waals surface area (Å²) < 4.78 is 0. The van der Waals surface area contributed by atoms with Gasteiger partial charge in [-0.05, 0) is 19.1 Å². The van der Waals surface area contributed by atoms with Gasteiger partial charge in [0.15, 0.2) is 5.13 Å². The van der Waals surface area contributed by atoms with Gasteiger partial charge in [0.25, 0.3) is 5.91 Å². The average Bonchev–Trinajstić information content (AvgIpc) is 2.92. The molecule has 0 aliphatic heterocycles. The molecule has 0 aromatic carbocycles. The lowest BCUT2D eigenvalue weighted by atomic mass is 10.2. The molecule has 2 aromatic rings. The monoisotopic (exact) mass is 291 g/mol. The number of pyridine rings is 1. The average molecular weight is 291 g/mol. The lowest BCUT2D eigenvalue weighted by molar-refractivity contribution is 0.102. The van der Waals surface area contributed by atoms with Gasteiger partial charge in [0.1, 0.15) is 5.82 Å². The van der Waals surface area contributed by atoms with Crippen molar-refractivity contribution >= 4 is 34.2 Å². The lowest BCUT2D eigenvalue weighted by Gasteiger charge is -2.05. The number of carbonyl (C=O) groups excluding carboxylic acids is 2. The van der Waals surface area contributed by atoms with Crippen molar-refractivity contribution in [2.75, 3.05) is 17.2 Å². The maximum atomic E-state index is 11.9. The zero-order chi connectivity index (χ0) is 14.4. The van der Waals surface area contributed by atoms with E-state index in [9.17, 15) is 9.59 Å². The summed E-state index contributed by atoms with van der Waals surface area (Å²) in [6.45, 7) is 2.35. The smallest absolute Gasteiger partial charge is 0.320 e. The molecule has 2 rings (SSSR count). The molecule has 0 radical (unpaired) electrons. The van der Waals surface area contributed by atoms with Crippen LogP contribution in [0.1, 0.15) is 17.3 Å².